The first-order valence-electron chi connectivity index (χ1n) is 6.11. The number of hydrogen-bond acceptors (Lipinski definition) is 1. The Morgan fingerprint density at radius 3 is 2.75 bits per heavy atom. The normalized spacial score (nSPS) is 20.8. The lowest BCUT2D eigenvalue weighted by atomic mass is 9.95. The molecule has 1 heterocycles. The molecule has 1 aliphatic rings. The fourth-order valence-electron chi connectivity index (χ4n) is 2.48. The van der Waals surface area contributed by atoms with Crippen molar-refractivity contribution in [3.8, 4) is 0 Å². The number of halogens is 1. The molecule has 16 heavy (non-hydrogen) atoms. The van der Waals surface area contributed by atoms with E-state index in [1.807, 2.05) is 0 Å². The minimum absolute atomic E-state index is 0.610. The number of para-hydroxylation sites is 1. The molecule has 1 atom stereocenters. The summed E-state index contributed by atoms with van der Waals surface area (Å²) in [5.74, 6) is 2.23. The zero-order chi connectivity index (χ0) is 11.5. The highest BCUT2D eigenvalue weighted by atomic mass is 35.5. The predicted octanol–water partition coefficient (Wildman–Crippen LogP) is 3.91. The van der Waals surface area contributed by atoms with Crippen molar-refractivity contribution in [2.24, 2.45) is 11.8 Å². The van der Waals surface area contributed by atoms with Crippen LogP contribution in [0, 0.1) is 11.8 Å². The zero-order valence-corrected chi connectivity index (χ0v) is 10.9. The molecule has 0 bridgehead atoms. The molecule has 88 valence electrons. The maximum Gasteiger partial charge on any atom is 0.0494 e. The molecule has 1 fully saturated rings. The van der Waals surface area contributed by atoms with Gasteiger partial charge in [-0.05, 0) is 29.9 Å². The SMILES string of the molecule is CC(C)C1CCN(c2ccccc2CCl)C1. The third-order valence-corrected chi connectivity index (χ3v) is 3.93. The van der Waals surface area contributed by atoms with Crippen molar-refractivity contribution in [2.75, 3.05) is 18.0 Å². The van der Waals surface area contributed by atoms with Crippen LogP contribution in [0.25, 0.3) is 0 Å². The van der Waals surface area contributed by atoms with Crippen molar-refractivity contribution in [1.82, 2.24) is 0 Å². The van der Waals surface area contributed by atoms with Gasteiger partial charge in [-0.2, -0.15) is 0 Å². The Morgan fingerprint density at radius 1 is 1.38 bits per heavy atom. The van der Waals surface area contributed by atoms with E-state index in [1.165, 1.54) is 30.8 Å². The number of alkyl halides is 1. The van der Waals surface area contributed by atoms with E-state index in [9.17, 15) is 0 Å². The van der Waals surface area contributed by atoms with E-state index in [-0.39, 0.29) is 0 Å². The van der Waals surface area contributed by atoms with E-state index < -0.39 is 0 Å². The zero-order valence-electron chi connectivity index (χ0n) is 10.1. The van der Waals surface area contributed by atoms with Crippen LogP contribution in [0.1, 0.15) is 25.8 Å². The van der Waals surface area contributed by atoms with Gasteiger partial charge in [-0.3, -0.25) is 0 Å². The van der Waals surface area contributed by atoms with Crippen molar-refractivity contribution < 1.29 is 0 Å². The van der Waals surface area contributed by atoms with E-state index in [4.69, 9.17) is 11.6 Å². The summed E-state index contributed by atoms with van der Waals surface area (Å²) in [6.45, 7) is 7.01. The Kier molecular flexibility index (Phi) is 3.75. The molecule has 0 aliphatic carbocycles. The van der Waals surface area contributed by atoms with Gasteiger partial charge >= 0.3 is 0 Å². The van der Waals surface area contributed by atoms with Gasteiger partial charge in [0, 0.05) is 24.7 Å². The maximum atomic E-state index is 5.98. The largest absolute Gasteiger partial charge is 0.371 e. The lowest BCUT2D eigenvalue weighted by molar-refractivity contribution is 0.422. The topological polar surface area (TPSA) is 3.24 Å². The van der Waals surface area contributed by atoms with Gasteiger partial charge in [-0.15, -0.1) is 11.6 Å². The molecule has 0 spiro atoms. The lowest BCUT2D eigenvalue weighted by Gasteiger charge is -2.22. The fraction of sp³-hybridized carbons (Fsp3) is 0.571. The van der Waals surface area contributed by atoms with E-state index in [1.54, 1.807) is 0 Å². The van der Waals surface area contributed by atoms with Gasteiger partial charge in [0.2, 0.25) is 0 Å². The average Bonchev–Trinajstić information content (AvgIpc) is 2.78. The molecule has 2 heteroatoms. The fourth-order valence-corrected chi connectivity index (χ4v) is 2.71. The van der Waals surface area contributed by atoms with Crippen LogP contribution >= 0.6 is 11.6 Å². The van der Waals surface area contributed by atoms with E-state index in [0.29, 0.717) is 5.88 Å². The molecule has 2 rings (SSSR count). The molecule has 1 aromatic rings. The number of nitrogens with zero attached hydrogens (tertiary/aromatic N) is 1. The quantitative estimate of drug-likeness (QED) is 0.721. The van der Waals surface area contributed by atoms with Gasteiger partial charge in [-0.1, -0.05) is 32.0 Å². The molecule has 1 saturated heterocycles. The van der Waals surface area contributed by atoms with E-state index in [2.05, 4.69) is 43.0 Å². The third-order valence-electron chi connectivity index (χ3n) is 3.64. The van der Waals surface area contributed by atoms with Crippen molar-refractivity contribution in [3.63, 3.8) is 0 Å². The highest BCUT2D eigenvalue weighted by Gasteiger charge is 2.25. The molecule has 1 aromatic carbocycles. The van der Waals surface area contributed by atoms with Crippen molar-refractivity contribution in [1.29, 1.82) is 0 Å². The standard InChI is InChI=1S/C14H20ClN/c1-11(2)13-7-8-16(10-13)14-6-4-3-5-12(14)9-15/h3-6,11,13H,7-10H2,1-2H3. The average molecular weight is 238 g/mol. The number of hydrogen-bond donors (Lipinski definition) is 0. The summed E-state index contributed by atoms with van der Waals surface area (Å²) in [5.41, 5.74) is 2.59. The molecule has 1 aliphatic heterocycles. The summed E-state index contributed by atoms with van der Waals surface area (Å²) in [6.07, 6.45) is 1.31. The van der Waals surface area contributed by atoms with Crippen LogP contribution < -0.4 is 4.90 Å². The summed E-state index contributed by atoms with van der Waals surface area (Å²) in [5, 5.41) is 0. The Labute approximate surface area is 103 Å². The molecule has 0 aromatic heterocycles. The number of anilines is 1. The van der Waals surface area contributed by atoms with E-state index in [0.717, 1.165) is 11.8 Å². The summed E-state index contributed by atoms with van der Waals surface area (Å²) in [7, 11) is 0. The minimum atomic E-state index is 0.610. The van der Waals surface area contributed by atoms with Gasteiger partial charge in [-0.25, -0.2) is 0 Å². The molecule has 0 saturated carbocycles. The second-order valence-corrected chi connectivity index (χ2v) is 5.27. The first-order chi connectivity index (χ1) is 7.72. The van der Waals surface area contributed by atoms with Crippen LogP contribution in [-0.4, -0.2) is 13.1 Å². The van der Waals surface area contributed by atoms with Crippen LogP contribution in [0.5, 0.6) is 0 Å². The summed E-state index contributed by atoms with van der Waals surface area (Å²) in [6, 6.07) is 8.50. The van der Waals surface area contributed by atoms with Crippen LogP contribution in [0.2, 0.25) is 0 Å². The molecule has 0 radical (unpaired) electrons. The highest BCUT2D eigenvalue weighted by Crippen LogP contribution is 2.30. The van der Waals surface area contributed by atoms with Gasteiger partial charge < -0.3 is 4.90 Å². The van der Waals surface area contributed by atoms with Gasteiger partial charge in [0.1, 0.15) is 0 Å². The summed E-state index contributed by atoms with van der Waals surface area (Å²) in [4.78, 5) is 2.49. The van der Waals surface area contributed by atoms with Crippen molar-refractivity contribution >= 4 is 17.3 Å². The Bertz CT molecular complexity index is 348. The monoisotopic (exact) mass is 237 g/mol. The Hall–Kier alpha value is -0.690. The van der Waals surface area contributed by atoms with Gasteiger partial charge in [0.05, 0.1) is 0 Å². The summed E-state index contributed by atoms with van der Waals surface area (Å²) < 4.78 is 0. The predicted molar refractivity (Wildman–Crippen MR) is 71.2 cm³/mol. The van der Waals surface area contributed by atoms with Crippen LogP contribution in [0.4, 0.5) is 5.69 Å². The lowest BCUT2D eigenvalue weighted by Crippen LogP contribution is -2.22. The molecule has 0 amide bonds. The van der Waals surface area contributed by atoms with Gasteiger partial charge in [0.25, 0.3) is 0 Å². The molecule has 1 nitrogen and oxygen atoms in total. The molecule has 0 N–H and O–H groups in total. The smallest absolute Gasteiger partial charge is 0.0494 e. The second kappa shape index (κ2) is 5.09. The number of benzene rings is 1. The van der Waals surface area contributed by atoms with E-state index >= 15 is 0 Å². The van der Waals surface area contributed by atoms with Crippen molar-refractivity contribution in [3.05, 3.63) is 29.8 Å². The van der Waals surface area contributed by atoms with Crippen LogP contribution in [-0.2, 0) is 5.88 Å². The van der Waals surface area contributed by atoms with Crippen LogP contribution in [0.15, 0.2) is 24.3 Å². The van der Waals surface area contributed by atoms with Crippen LogP contribution in [0.3, 0.4) is 0 Å². The maximum absolute atomic E-state index is 5.98. The summed E-state index contributed by atoms with van der Waals surface area (Å²) >= 11 is 5.98. The van der Waals surface area contributed by atoms with Gasteiger partial charge in [0.15, 0.2) is 0 Å². The second-order valence-electron chi connectivity index (χ2n) is 5.00. The third kappa shape index (κ3) is 2.35. The molecule has 1 unspecified atom stereocenters. The first kappa shape index (κ1) is 11.8. The Morgan fingerprint density at radius 2 is 2.12 bits per heavy atom. The molecular weight excluding hydrogens is 218 g/mol. The first-order valence-corrected chi connectivity index (χ1v) is 6.64. The van der Waals surface area contributed by atoms with Crippen molar-refractivity contribution in [2.45, 2.75) is 26.1 Å². The number of rotatable bonds is 3. The molecular formula is C14H20ClN. The highest BCUT2D eigenvalue weighted by molar-refractivity contribution is 6.17. The Balaban J connectivity index is 2.14. The minimum Gasteiger partial charge on any atom is -0.371 e.